The predicted octanol–water partition coefficient (Wildman–Crippen LogP) is 1.00. The predicted molar refractivity (Wildman–Crippen MR) is 112 cm³/mol. The molecule has 1 N–H and O–H groups in total. The summed E-state index contributed by atoms with van der Waals surface area (Å²) in [6.45, 7) is 10.8. The molecular weight excluding hydrogens is 384 g/mol. The molecule has 0 radical (unpaired) electrons. The molecule has 0 aliphatic carbocycles. The van der Waals surface area contributed by atoms with Crippen LogP contribution in [-0.4, -0.2) is 61.4 Å². The summed E-state index contributed by atoms with van der Waals surface area (Å²) in [5.74, 6) is 2.16. The molecule has 5 rings (SSSR count). The summed E-state index contributed by atoms with van der Waals surface area (Å²) in [6.07, 6.45) is 2.33. The van der Waals surface area contributed by atoms with Gasteiger partial charge >= 0.3 is 0 Å². The lowest BCUT2D eigenvalue weighted by molar-refractivity contribution is -0.00575. The van der Waals surface area contributed by atoms with Crippen LogP contribution in [0.25, 0.3) is 5.78 Å². The van der Waals surface area contributed by atoms with Gasteiger partial charge in [0.1, 0.15) is 12.1 Å². The van der Waals surface area contributed by atoms with Crippen molar-refractivity contribution in [3.05, 3.63) is 39.2 Å². The number of nitrogens with one attached hydrogen (secondary N) is 1. The maximum Gasteiger partial charge on any atom is 0.255 e. The summed E-state index contributed by atoms with van der Waals surface area (Å²) in [5.41, 5.74) is 3.51. The van der Waals surface area contributed by atoms with Gasteiger partial charge in [0.05, 0.1) is 24.4 Å². The second kappa shape index (κ2) is 7.05. The number of hydrogen-bond acceptors (Lipinski definition) is 8. The van der Waals surface area contributed by atoms with Crippen molar-refractivity contribution >= 4 is 17.5 Å². The highest BCUT2D eigenvalue weighted by atomic mass is 16.5. The van der Waals surface area contributed by atoms with Crippen molar-refractivity contribution in [1.29, 1.82) is 0 Å². The maximum absolute atomic E-state index is 12.8. The highest BCUT2D eigenvalue weighted by Gasteiger charge is 2.28. The minimum absolute atomic E-state index is 0.0463. The number of hydrogen-bond donors (Lipinski definition) is 1. The van der Waals surface area contributed by atoms with Crippen LogP contribution in [0.3, 0.4) is 0 Å². The quantitative estimate of drug-likeness (QED) is 0.667. The van der Waals surface area contributed by atoms with Crippen LogP contribution >= 0.6 is 0 Å². The van der Waals surface area contributed by atoms with Gasteiger partial charge in [0.2, 0.25) is 5.95 Å². The summed E-state index contributed by atoms with van der Waals surface area (Å²) in [5, 5.41) is 4.37. The molecule has 1 fully saturated rings. The number of aryl methyl sites for hydroxylation is 1. The molecule has 158 valence electrons. The summed E-state index contributed by atoms with van der Waals surface area (Å²) >= 11 is 0. The minimum atomic E-state index is -0.0463. The monoisotopic (exact) mass is 410 g/mol. The molecule has 0 saturated carbocycles. The molecule has 0 bridgehead atoms. The van der Waals surface area contributed by atoms with Crippen molar-refractivity contribution in [2.45, 2.75) is 52.9 Å². The second-order valence-electron chi connectivity index (χ2n) is 8.27. The number of nitrogens with zero attached hydrogens (tertiary/aromatic N) is 7. The van der Waals surface area contributed by atoms with Crippen LogP contribution in [0.5, 0.6) is 0 Å². The lowest BCUT2D eigenvalue weighted by Gasteiger charge is -2.36. The number of fused-ring (bicyclic) bond motifs is 2. The molecule has 0 amide bonds. The summed E-state index contributed by atoms with van der Waals surface area (Å²) in [7, 11) is 0. The number of rotatable bonds is 2. The highest BCUT2D eigenvalue weighted by Crippen LogP contribution is 2.27. The minimum Gasteiger partial charge on any atom is -0.372 e. The summed E-state index contributed by atoms with van der Waals surface area (Å²) in [6, 6.07) is 0. The first-order valence-electron chi connectivity index (χ1n) is 10.3. The van der Waals surface area contributed by atoms with Gasteiger partial charge < -0.3 is 14.5 Å². The third-order valence-electron chi connectivity index (χ3n) is 5.96. The van der Waals surface area contributed by atoms with E-state index < -0.39 is 0 Å². The lowest BCUT2D eigenvalue weighted by atomic mass is 10.1. The van der Waals surface area contributed by atoms with Crippen LogP contribution in [0, 0.1) is 13.8 Å². The average Bonchev–Trinajstić information content (AvgIpc) is 3.15. The van der Waals surface area contributed by atoms with E-state index >= 15 is 0 Å². The van der Waals surface area contributed by atoms with E-state index in [4.69, 9.17) is 9.72 Å². The number of morpholine rings is 1. The van der Waals surface area contributed by atoms with Crippen LogP contribution in [-0.2, 0) is 17.7 Å². The van der Waals surface area contributed by atoms with E-state index in [0.717, 1.165) is 28.3 Å². The third-order valence-corrected chi connectivity index (χ3v) is 5.96. The molecule has 2 atom stereocenters. The van der Waals surface area contributed by atoms with E-state index in [1.165, 1.54) is 6.33 Å². The Hall–Kier alpha value is -3.01. The zero-order valence-corrected chi connectivity index (χ0v) is 17.7. The molecule has 30 heavy (non-hydrogen) atoms. The van der Waals surface area contributed by atoms with E-state index in [1.54, 1.807) is 4.52 Å². The van der Waals surface area contributed by atoms with Gasteiger partial charge in [0.25, 0.3) is 11.3 Å². The smallest absolute Gasteiger partial charge is 0.255 e. The normalized spacial score (nSPS) is 21.9. The molecule has 2 aliphatic rings. The molecule has 10 heteroatoms. The van der Waals surface area contributed by atoms with Crippen LogP contribution in [0.2, 0.25) is 0 Å². The maximum atomic E-state index is 12.8. The molecule has 5 heterocycles. The first kappa shape index (κ1) is 19.0. The largest absolute Gasteiger partial charge is 0.372 e. The van der Waals surface area contributed by atoms with Gasteiger partial charge in [-0.25, -0.2) is 9.97 Å². The van der Waals surface area contributed by atoms with Gasteiger partial charge in [-0.2, -0.15) is 14.6 Å². The molecule has 0 spiro atoms. The first-order valence-corrected chi connectivity index (χ1v) is 10.3. The number of H-pyrrole nitrogens is 1. The van der Waals surface area contributed by atoms with Crippen LogP contribution < -0.4 is 15.4 Å². The van der Waals surface area contributed by atoms with Gasteiger partial charge in [-0.05, 0) is 34.1 Å². The van der Waals surface area contributed by atoms with Crippen LogP contribution in [0.1, 0.15) is 36.4 Å². The van der Waals surface area contributed by atoms with Crippen molar-refractivity contribution in [2.24, 2.45) is 0 Å². The van der Waals surface area contributed by atoms with E-state index in [1.807, 2.05) is 27.7 Å². The lowest BCUT2D eigenvalue weighted by Crippen LogP contribution is -2.47. The van der Waals surface area contributed by atoms with E-state index in [2.05, 4.69) is 29.9 Å². The number of aromatic nitrogens is 6. The fraction of sp³-hybridized carbons (Fsp3) is 0.550. The highest BCUT2D eigenvalue weighted by molar-refractivity contribution is 5.55. The Morgan fingerprint density at radius 1 is 1.13 bits per heavy atom. The standard InChI is InChI=1S/C20H26N8O2/c1-11-7-27(8-12(2)30-11)20-24-16-9-26(6-5-15(16)17(29)25-20)18-13(3)14(4)23-19-21-10-22-28(18)19/h10-12H,5-9H2,1-4H3,(H,24,25,29). The summed E-state index contributed by atoms with van der Waals surface area (Å²) in [4.78, 5) is 33.8. The molecule has 0 aromatic carbocycles. The molecule has 10 nitrogen and oxygen atoms in total. The Morgan fingerprint density at radius 2 is 1.90 bits per heavy atom. The van der Waals surface area contributed by atoms with Gasteiger partial charge in [-0.1, -0.05) is 0 Å². The second-order valence-corrected chi connectivity index (χ2v) is 8.27. The van der Waals surface area contributed by atoms with E-state index in [-0.39, 0.29) is 17.8 Å². The molecule has 1 saturated heterocycles. The molecule has 2 aliphatic heterocycles. The zero-order chi connectivity index (χ0) is 21.0. The number of aromatic amines is 1. The van der Waals surface area contributed by atoms with E-state index in [9.17, 15) is 4.79 Å². The fourth-order valence-electron chi connectivity index (χ4n) is 4.49. The van der Waals surface area contributed by atoms with Crippen LogP contribution in [0.4, 0.5) is 11.8 Å². The fourth-order valence-corrected chi connectivity index (χ4v) is 4.49. The van der Waals surface area contributed by atoms with Crippen molar-refractivity contribution < 1.29 is 4.74 Å². The average molecular weight is 410 g/mol. The molecule has 3 aromatic rings. The van der Waals surface area contributed by atoms with Gasteiger partial charge in [0.15, 0.2) is 0 Å². The van der Waals surface area contributed by atoms with Crippen molar-refractivity contribution in [1.82, 2.24) is 29.5 Å². The molecule has 3 aromatic heterocycles. The number of ether oxygens (including phenoxy) is 1. The van der Waals surface area contributed by atoms with Gasteiger partial charge in [-0.15, -0.1) is 0 Å². The van der Waals surface area contributed by atoms with Crippen molar-refractivity contribution in [2.75, 3.05) is 29.4 Å². The first-order chi connectivity index (χ1) is 14.4. The van der Waals surface area contributed by atoms with Crippen molar-refractivity contribution in [3.63, 3.8) is 0 Å². The summed E-state index contributed by atoms with van der Waals surface area (Å²) < 4.78 is 7.59. The topological polar surface area (TPSA) is 105 Å². The Morgan fingerprint density at radius 3 is 2.67 bits per heavy atom. The molecule has 2 unspecified atom stereocenters. The third kappa shape index (κ3) is 3.11. The van der Waals surface area contributed by atoms with Gasteiger partial charge in [0, 0.05) is 36.5 Å². The SMILES string of the molecule is Cc1nc2ncnn2c(N2CCc3c(nc(N4CC(C)OC(C)C4)[nH]c3=O)C2)c1C. The van der Waals surface area contributed by atoms with Crippen LogP contribution in [0.15, 0.2) is 11.1 Å². The van der Waals surface area contributed by atoms with Gasteiger partial charge in [-0.3, -0.25) is 9.78 Å². The Kier molecular flexibility index (Phi) is 4.46. The van der Waals surface area contributed by atoms with Crippen molar-refractivity contribution in [3.8, 4) is 0 Å². The molecular formula is C20H26N8O2. The Balaban J connectivity index is 1.53. The number of anilines is 2. The Labute approximate surface area is 173 Å². The zero-order valence-electron chi connectivity index (χ0n) is 17.7. The Bertz CT molecular complexity index is 1160. The van der Waals surface area contributed by atoms with E-state index in [0.29, 0.717) is 44.3 Å².